The molecule has 0 radical (unpaired) electrons. The number of anilines is 1. The van der Waals surface area contributed by atoms with Gasteiger partial charge >= 0.3 is 0 Å². The van der Waals surface area contributed by atoms with Gasteiger partial charge in [0.2, 0.25) is 0 Å². The Hall–Kier alpha value is -1.26. The molecule has 1 aromatic carbocycles. The van der Waals surface area contributed by atoms with Gasteiger partial charge in [-0.25, -0.2) is 0 Å². The molecule has 0 saturated carbocycles. The van der Waals surface area contributed by atoms with Crippen molar-refractivity contribution in [1.29, 1.82) is 0 Å². The first-order chi connectivity index (χ1) is 8.49. The van der Waals surface area contributed by atoms with E-state index in [-0.39, 0.29) is 12.6 Å². The lowest BCUT2D eigenvalue weighted by Crippen LogP contribution is -2.37. The van der Waals surface area contributed by atoms with Gasteiger partial charge in [-0.3, -0.25) is 0 Å². The molecule has 0 heterocycles. The third-order valence-corrected chi connectivity index (χ3v) is 3.02. The van der Waals surface area contributed by atoms with Crippen LogP contribution in [-0.4, -0.2) is 38.5 Å². The van der Waals surface area contributed by atoms with E-state index in [0.717, 1.165) is 11.4 Å². The molecule has 1 atom stereocenters. The van der Waals surface area contributed by atoms with E-state index in [1.165, 1.54) is 5.56 Å². The lowest BCUT2D eigenvalue weighted by atomic mass is 10.0. The maximum atomic E-state index is 8.98. The van der Waals surface area contributed by atoms with Crippen LogP contribution in [-0.2, 0) is 0 Å². The van der Waals surface area contributed by atoms with E-state index in [9.17, 15) is 0 Å². The first-order valence-corrected chi connectivity index (χ1v) is 6.25. The van der Waals surface area contributed by atoms with Crippen molar-refractivity contribution >= 4 is 5.69 Å². The number of likely N-dealkylation sites (N-methyl/N-ethyl adjacent to an activating group) is 1. The van der Waals surface area contributed by atoms with Crippen LogP contribution < -0.4 is 15.4 Å². The molecule has 1 aromatic rings. The van der Waals surface area contributed by atoms with Gasteiger partial charge in [-0.1, -0.05) is 13.8 Å². The van der Waals surface area contributed by atoms with Crippen molar-refractivity contribution < 1.29 is 9.84 Å². The fraction of sp³-hybridized carbons (Fsp3) is 0.571. The average Bonchev–Trinajstić information content (AvgIpc) is 2.37. The molecule has 0 saturated heterocycles. The summed E-state index contributed by atoms with van der Waals surface area (Å²) in [6.07, 6.45) is 0. The maximum absolute atomic E-state index is 8.98. The van der Waals surface area contributed by atoms with Crippen LogP contribution in [0.15, 0.2) is 18.2 Å². The summed E-state index contributed by atoms with van der Waals surface area (Å²) < 4.78 is 5.36. The molecule has 0 aromatic heterocycles. The molecule has 1 rings (SSSR count). The van der Waals surface area contributed by atoms with Crippen LogP contribution in [0.25, 0.3) is 0 Å². The molecular formula is C14H24N2O2. The van der Waals surface area contributed by atoms with Gasteiger partial charge in [0.1, 0.15) is 5.75 Å². The topological polar surface area (TPSA) is 58.7 Å². The summed E-state index contributed by atoms with van der Waals surface area (Å²) >= 11 is 0. The average molecular weight is 252 g/mol. The quantitative estimate of drug-likeness (QED) is 0.807. The van der Waals surface area contributed by atoms with Crippen molar-refractivity contribution in [3.8, 4) is 5.75 Å². The molecular weight excluding hydrogens is 228 g/mol. The highest BCUT2D eigenvalue weighted by atomic mass is 16.5. The molecule has 0 aliphatic heterocycles. The highest BCUT2D eigenvalue weighted by molar-refractivity contribution is 5.53. The Balaban J connectivity index is 2.93. The SMILES string of the molecule is COc1ccc(N(C)CC(N)CO)cc1C(C)C. The van der Waals surface area contributed by atoms with Gasteiger partial charge in [0, 0.05) is 25.3 Å². The molecule has 4 heteroatoms. The molecule has 0 aliphatic rings. The van der Waals surface area contributed by atoms with Crippen molar-refractivity contribution in [3.63, 3.8) is 0 Å². The number of ether oxygens (including phenoxy) is 1. The smallest absolute Gasteiger partial charge is 0.122 e. The number of aliphatic hydroxyl groups excluding tert-OH is 1. The second kappa shape index (κ2) is 6.61. The normalized spacial score (nSPS) is 12.6. The predicted octanol–water partition coefficient (Wildman–Crippen LogP) is 1.57. The van der Waals surface area contributed by atoms with Gasteiger partial charge in [0.05, 0.1) is 13.7 Å². The van der Waals surface area contributed by atoms with Crippen LogP contribution in [0.5, 0.6) is 5.75 Å². The van der Waals surface area contributed by atoms with Crippen molar-refractivity contribution in [2.75, 3.05) is 32.2 Å². The molecule has 0 spiro atoms. The fourth-order valence-corrected chi connectivity index (χ4v) is 1.93. The van der Waals surface area contributed by atoms with Crippen LogP contribution in [0.2, 0.25) is 0 Å². The van der Waals surface area contributed by atoms with E-state index in [1.807, 2.05) is 24.1 Å². The lowest BCUT2D eigenvalue weighted by molar-refractivity contribution is 0.267. The second-order valence-electron chi connectivity index (χ2n) is 4.90. The largest absolute Gasteiger partial charge is 0.496 e. The van der Waals surface area contributed by atoms with E-state index in [1.54, 1.807) is 7.11 Å². The van der Waals surface area contributed by atoms with Crippen LogP contribution in [0.3, 0.4) is 0 Å². The van der Waals surface area contributed by atoms with Crippen molar-refractivity contribution in [3.05, 3.63) is 23.8 Å². The number of hydrogen-bond acceptors (Lipinski definition) is 4. The monoisotopic (exact) mass is 252 g/mol. The third-order valence-electron chi connectivity index (χ3n) is 3.02. The van der Waals surface area contributed by atoms with E-state index in [0.29, 0.717) is 12.5 Å². The molecule has 1 unspecified atom stereocenters. The Kier molecular flexibility index (Phi) is 5.44. The van der Waals surface area contributed by atoms with Gasteiger partial charge in [0.15, 0.2) is 0 Å². The molecule has 0 bridgehead atoms. The first kappa shape index (κ1) is 14.8. The molecule has 0 aliphatic carbocycles. The number of nitrogens with zero attached hydrogens (tertiary/aromatic N) is 1. The molecule has 102 valence electrons. The summed E-state index contributed by atoms with van der Waals surface area (Å²) in [6.45, 7) is 4.90. The Labute approximate surface area is 109 Å². The minimum atomic E-state index is -0.223. The molecule has 0 fully saturated rings. The summed E-state index contributed by atoms with van der Waals surface area (Å²) in [4.78, 5) is 2.05. The second-order valence-corrected chi connectivity index (χ2v) is 4.90. The van der Waals surface area contributed by atoms with Crippen LogP contribution >= 0.6 is 0 Å². The Morgan fingerprint density at radius 1 is 1.39 bits per heavy atom. The zero-order valence-corrected chi connectivity index (χ0v) is 11.7. The molecule has 3 N–H and O–H groups in total. The highest BCUT2D eigenvalue weighted by Crippen LogP contribution is 2.30. The number of benzene rings is 1. The summed E-state index contributed by atoms with van der Waals surface area (Å²) in [6, 6.07) is 5.88. The maximum Gasteiger partial charge on any atom is 0.122 e. The molecule has 18 heavy (non-hydrogen) atoms. The highest BCUT2D eigenvalue weighted by Gasteiger charge is 2.12. The molecule has 0 amide bonds. The lowest BCUT2D eigenvalue weighted by Gasteiger charge is -2.24. The fourth-order valence-electron chi connectivity index (χ4n) is 1.93. The summed E-state index contributed by atoms with van der Waals surface area (Å²) in [5.74, 6) is 1.31. The zero-order valence-electron chi connectivity index (χ0n) is 11.7. The number of methoxy groups -OCH3 is 1. The Morgan fingerprint density at radius 3 is 2.56 bits per heavy atom. The Bertz CT molecular complexity index is 380. The number of aliphatic hydroxyl groups is 1. The third kappa shape index (κ3) is 3.62. The van der Waals surface area contributed by atoms with Gasteiger partial charge in [-0.2, -0.15) is 0 Å². The van der Waals surface area contributed by atoms with Crippen LogP contribution in [0.4, 0.5) is 5.69 Å². The summed E-state index contributed by atoms with van der Waals surface area (Å²) in [5, 5.41) is 8.98. The van der Waals surface area contributed by atoms with Crippen molar-refractivity contribution in [2.24, 2.45) is 5.73 Å². The van der Waals surface area contributed by atoms with Gasteiger partial charge in [-0.05, 0) is 29.7 Å². The number of hydrogen-bond donors (Lipinski definition) is 2. The number of rotatable bonds is 6. The van der Waals surface area contributed by atoms with Crippen molar-refractivity contribution in [1.82, 2.24) is 0 Å². The first-order valence-electron chi connectivity index (χ1n) is 6.25. The standard InChI is InChI=1S/C14H24N2O2/c1-10(2)13-7-12(5-6-14(13)18-4)16(3)8-11(15)9-17/h5-7,10-11,17H,8-9,15H2,1-4H3. The zero-order chi connectivity index (χ0) is 13.7. The number of nitrogens with two attached hydrogens (primary N) is 1. The Morgan fingerprint density at radius 2 is 2.06 bits per heavy atom. The van der Waals surface area contributed by atoms with E-state index in [2.05, 4.69) is 19.9 Å². The summed E-state index contributed by atoms with van der Waals surface area (Å²) in [5.41, 5.74) is 8.02. The van der Waals surface area contributed by atoms with E-state index >= 15 is 0 Å². The minimum Gasteiger partial charge on any atom is -0.496 e. The van der Waals surface area contributed by atoms with Gasteiger partial charge < -0.3 is 20.5 Å². The van der Waals surface area contributed by atoms with Crippen LogP contribution in [0, 0.1) is 0 Å². The minimum absolute atomic E-state index is 0.00245. The molecule has 4 nitrogen and oxygen atoms in total. The summed E-state index contributed by atoms with van der Waals surface area (Å²) in [7, 11) is 3.66. The van der Waals surface area contributed by atoms with Gasteiger partial charge in [-0.15, -0.1) is 0 Å². The van der Waals surface area contributed by atoms with Crippen molar-refractivity contribution in [2.45, 2.75) is 25.8 Å². The van der Waals surface area contributed by atoms with E-state index < -0.39 is 0 Å². The van der Waals surface area contributed by atoms with E-state index in [4.69, 9.17) is 15.6 Å². The van der Waals surface area contributed by atoms with Crippen LogP contribution in [0.1, 0.15) is 25.3 Å². The predicted molar refractivity (Wildman–Crippen MR) is 75.4 cm³/mol. The van der Waals surface area contributed by atoms with Gasteiger partial charge in [0.25, 0.3) is 0 Å².